The zero-order valence-corrected chi connectivity index (χ0v) is 16.5. The van der Waals surface area contributed by atoms with Crippen LogP contribution in [-0.2, 0) is 11.2 Å². The molecule has 0 spiro atoms. The van der Waals surface area contributed by atoms with Crippen LogP contribution >= 0.6 is 0 Å². The third kappa shape index (κ3) is 5.70. The van der Waals surface area contributed by atoms with Gasteiger partial charge in [0.15, 0.2) is 0 Å². The van der Waals surface area contributed by atoms with Crippen LogP contribution in [0.5, 0.6) is 5.75 Å². The molecule has 0 atom stereocenters. The second kappa shape index (κ2) is 9.91. The number of anilines is 1. The second-order valence-corrected chi connectivity index (χ2v) is 7.05. The van der Waals surface area contributed by atoms with Gasteiger partial charge < -0.3 is 20.3 Å². The van der Waals surface area contributed by atoms with Gasteiger partial charge in [-0.05, 0) is 55.2 Å². The third-order valence-corrected chi connectivity index (χ3v) is 5.15. The molecule has 2 aromatic rings. The second-order valence-electron chi connectivity index (χ2n) is 7.05. The number of amides is 3. The van der Waals surface area contributed by atoms with E-state index in [0.29, 0.717) is 50.1 Å². The molecule has 6 nitrogen and oxygen atoms in total. The summed E-state index contributed by atoms with van der Waals surface area (Å²) in [6, 6.07) is 13.5. The number of nitrogens with zero attached hydrogens (tertiary/aromatic N) is 1. The van der Waals surface area contributed by atoms with Gasteiger partial charge in [0.1, 0.15) is 11.6 Å². The molecule has 1 saturated heterocycles. The summed E-state index contributed by atoms with van der Waals surface area (Å²) < 4.78 is 18.7. The molecule has 0 unspecified atom stereocenters. The zero-order valence-electron chi connectivity index (χ0n) is 16.5. The van der Waals surface area contributed by atoms with Crippen molar-refractivity contribution in [1.82, 2.24) is 10.2 Å². The van der Waals surface area contributed by atoms with Crippen molar-refractivity contribution < 1.29 is 18.7 Å². The first-order valence-electron chi connectivity index (χ1n) is 9.78. The molecule has 0 saturated carbocycles. The third-order valence-electron chi connectivity index (χ3n) is 5.15. The monoisotopic (exact) mass is 399 g/mol. The van der Waals surface area contributed by atoms with Gasteiger partial charge in [0.05, 0.1) is 7.11 Å². The summed E-state index contributed by atoms with van der Waals surface area (Å²) in [5.74, 6) is 0.319. The Balaban J connectivity index is 1.40. The van der Waals surface area contributed by atoms with Crippen LogP contribution in [0.15, 0.2) is 48.5 Å². The lowest BCUT2D eigenvalue weighted by atomic mass is 9.96. The van der Waals surface area contributed by atoms with E-state index in [4.69, 9.17) is 4.74 Å². The predicted octanol–water partition coefficient (Wildman–Crippen LogP) is 3.44. The highest BCUT2D eigenvalue weighted by atomic mass is 19.1. The van der Waals surface area contributed by atoms with Gasteiger partial charge in [0.2, 0.25) is 5.91 Å². The number of benzene rings is 2. The molecule has 3 rings (SSSR count). The maximum Gasteiger partial charge on any atom is 0.321 e. The van der Waals surface area contributed by atoms with Crippen LogP contribution in [0.4, 0.5) is 14.9 Å². The Morgan fingerprint density at radius 1 is 1.10 bits per heavy atom. The summed E-state index contributed by atoms with van der Waals surface area (Å²) in [4.78, 5) is 26.5. The first-order chi connectivity index (χ1) is 14.1. The van der Waals surface area contributed by atoms with Gasteiger partial charge in [-0.2, -0.15) is 0 Å². The van der Waals surface area contributed by atoms with Gasteiger partial charge in [-0.1, -0.05) is 18.2 Å². The molecule has 29 heavy (non-hydrogen) atoms. The molecular weight excluding hydrogens is 373 g/mol. The first-order valence-corrected chi connectivity index (χ1v) is 9.78. The fraction of sp³-hybridized carbons (Fsp3) is 0.364. The van der Waals surface area contributed by atoms with Crippen molar-refractivity contribution in [3.8, 4) is 5.75 Å². The molecule has 1 fully saturated rings. The molecular formula is C22H26FN3O3. The fourth-order valence-corrected chi connectivity index (χ4v) is 3.39. The number of nitrogens with one attached hydrogen (secondary N) is 2. The van der Waals surface area contributed by atoms with E-state index in [0.717, 1.165) is 5.75 Å². The van der Waals surface area contributed by atoms with Crippen LogP contribution in [0, 0.1) is 11.7 Å². The molecule has 154 valence electrons. The number of likely N-dealkylation sites (tertiary alicyclic amines) is 1. The van der Waals surface area contributed by atoms with Gasteiger partial charge in [-0.3, -0.25) is 4.79 Å². The Kier molecular flexibility index (Phi) is 7.05. The summed E-state index contributed by atoms with van der Waals surface area (Å²) >= 11 is 0. The van der Waals surface area contributed by atoms with E-state index in [2.05, 4.69) is 10.6 Å². The summed E-state index contributed by atoms with van der Waals surface area (Å²) in [7, 11) is 1.59. The van der Waals surface area contributed by atoms with E-state index >= 15 is 0 Å². The van der Waals surface area contributed by atoms with Crippen LogP contribution < -0.4 is 15.4 Å². The SMILES string of the molecule is COc1ccc(NC(=O)N2CCC(C(=O)NCCc3ccccc3F)CC2)cc1. The molecule has 3 amide bonds. The molecule has 7 heteroatoms. The smallest absolute Gasteiger partial charge is 0.321 e. The number of ether oxygens (including phenoxy) is 1. The van der Waals surface area contributed by atoms with Gasteiger partial charge in [0.25, 0.3) is 0 Å². The normalized spacial score (nSPS) is 14.3. The van der Waals surface area contributed by atoms with Crippen molar-refractivity contribution in [3.63, 3.8) is 0 Å². The Bertz CT molecular complexity index is 833. The lowest BCUT2D eigenvalue weighted by Gasteiger charge is -2.31. The first kappa shape index (κ1) is 20.6. The lowest BCUT2D eigenvalue weighted by Crippen LogP contribution is -2.44. The van der Waals surface area contributed by atoms with E-state index in [1.807, 2.05) is 0 Å². The number of rotatable bonds is 6. The summed E-state index contributed by atoms with van der Waals surface area (Å²) in [5.41, 5.74) is 1.29. The van der Waals surface area contributed by atoms with Crippen LogP contribution in [0.2, 0.25) is 0 Å². The number of urea groups is 1. The van der Waals surface area contributed by atoms with Gasteiger partial charge in [0, 0.05) is 31.2 Å². The molecule has 0 bridgehead atoms. The molecule has 1 aliphatic heterocycles. The largest absolute Gasteiger partial charge is 0.497 e. The zero-order chi connectivity index (χ0) is 20.6. The van der Waals surface area contributed by atoms with E-state index in [9.17, 15) is 14.0 Å². The Morgan fingerprint density at radius 2 is 1.79 bits per heavy atom. The minimum Gasteiger partial charge on any atom is -0.497 e. The van der Waals surface area contributed by atoms with E-state index in [1.165, 1.54) is 6.07 Å². The minimum absolute atomic E-state index is 0.0310. The number of halogens is 1. The molecule has 0 aromatic heterocycles. The maximum absolute atomic E-state index is 13.6. The fourth-order valence-electron chi connectivity index (χ4n) is 3.39. The average molecular weight is 399 g/mol. The van der Waals surface area contributed by atoms with Gasteiger partial charge in [-0.25, -0.2) is 9.18 Å². The van der Waals surface area contributed by atoms with Crippen molar-refractivity contribution in [2.45, 2.75) is 19.3 Å². The minimum atomic E-state index is -0.252. The van der Waals surface area contributed by atoms with Crippen molar-refractivity contribution in [3.05, 3.63) is 59.9 Å². The predicted molar refractivity (Wildman–Crippen MR) is 109 cm³/mol. The summed E-state index contributed by atoms with van der Waals surface area (Å²) in [5, 5.41) is 5.75. The topological polar surface area (TPSA) is 70.7 Å². The number of carbonyl (C=O) groups excluding carboxylic acids is 2. The highest BCUT2D eigenvalue weighted by Gasteiger charge is 2.27. The standard InChI is InChI=1S/C22H26FN3O3/c1-29-19-8-6-18(7-9-19)25-22(28)26-14-11-17(12-15-26)21(27)24-13-10-16-4-2-3-5-20(16)23/h2-9,17H,10-15H2,1H3,(H,24,27)(H,25,28). The van der Waals surface area contributed by atoms with E-state index in [-0.39, 0.29) is 23.7 Å². The molecule has 0 aliphatic carbocycles. The average Bonchev–Trinajstić information content (AvgIpc) is 2.75. The van der Waals surface area contributed by atoms with E-state index in [1.54, 1.807) is 54.5 Å². The van der Waals surface area contributed by atoms with Crippen LogP contribution in [0.3, 0.4) is 0 Å². The van der Waals surface area contributed by atoms with Crippen molar-refractivity contribution in [2.75, 3.05) is 32.1 Å². The highest BCUT2D eigenvalue weighted by Crippen LogP contribution is 2.20. The van der Waals surface area contributed by atoms with Crippen molar-refractivity contribution >= 4 is 17.6 Å². The van der Waals surface area contributed by atoms with Crippen LogP contribution in [0.1, 0.15) is 18.4 Å². The van der Waals surface area contributed by atoms with E-state index < -0.39 is 0 Å². The lowest BCUT2D eigenvalue weighted by molar-refractivity contribution is -0.126. The Labute approximate surface area is 170 Å². The van der Waals surface area contributed by atoms with Crippen LogP contribution in [0.25, 0.3) is 0 Å². The summed E-state index contributed by atoms with van der Waals surface area (Å²) in [6.45, 7) is 1.44. The van der Waals surface area contributed by atoms with Crippen molar-refractivity contribution in [1.29, 1.82) is 0 Å². The highest BCUT2D eigenvalue weighted by molar-refractivity contribution is 5.89. The molecule has 0 radical (unpaired) electrons. The van der Waals surface area contributed by atoms with Crippen LogP contribution in [-0.4, -0.2) is 43.6 Å². The quantitative estimate of drug-likeness (QED) is 0.782. The number of piperidine rings is 1. The number of hydrogen-bond donors (Lipinski definition) is 2. The molecule has 1 aliphatic rings. The van der Waals surface area contributed by atoms with Crippen molar-refractivity contribution in [2.24, 2.45) is 5.92 Å². The number of hydrogen-bond acceptors (Lipinski definition) is 3. The van der Waals surface area contributed by atoms with Gasteiger partial charge in [-0.15, -0.1) is 0 Å². The summed E-state index contributed by atoms with van der Waals surface area (Å²) in [6.07, 6.45) is 1.69. The molecule has 2 N–H and O–H groups in total. The van der Waals surface area contributed by atoms with Gasteiger partial charge >= 0.3 is 6.03 Å². The Morgan fingerprint density at radius 3 is 2.45 bits per heavy atom. The maximum atomic E-state index is 13.6. The Hall–Kier alpha value is -3.09. The molecule has 2 aromatic carbocycles. The number of methoxy groups -OCH3 is 1. The number of carbonyl (C=O) groups is 2. The molecule has 1 heterocycles.